The van der Waals surface area contributed by atoms with Gasteiger partial charge in [0.25, 0.3) is 0 Å². The topological polar surface area (TPSA) is 55.4 Å². The molecule has 2 saturated carbocycles. The number of benzene rings is 1. The third-order valence-electron chi connectivity index (χ3n) is 6.22. The van der Waals surface area contributed by atoms with Gasteiger partial charge in [0.2, 0.25) is 5.91 Å². The van der Waals surface area contributed by atoms with Gasteiger partial charge in [-0.1, -0.05) is 6.42 Å². The van der Waals surface area contributed by atoms with Crippen LogP contribution in [0.15, 0.2) is 24.3 Å². The number of carbonyl (C=O) groups excluding carboxylic acids is 2. The molecular formula is C22H29NO3S2. The molecule has 2 atom stereocenters. The van der Waals surface area contributed by atoms with Crippen molar-refractivity contribution < 1.29 is 14.3 Å². The molecule has 1 aromatic carbocycles. The van der Waals surface area contributed by atoms with Crippen LogP contribution >= 0.6 is 23.5 Å². The number of ether oxygens (including phenoxy) is 1. The maximum absolute atomic E-state index is 12.9. The highest BCUT2D eigenvalue weighted by molar-refractivity contribution is 8.21. The van der Waals surface area contributed by atoms with E-state index in [0.29, 0.717) is 21.5 Å². The van der Waals surface area contributed by atoms with Gasteiger partial charge in [0.05, 0.1) is 15.7 Å². The monoisotopic (exact) mass is 419 g/mol. The van der Waals surface area contributed by atoms with Crippen molar-refractivity contribution in [1.82, 2.24) is 0 Å². The molecule has 3 fully saturated rings. The van der Waals surface area contributed by atoms with E-state index in [1.165, 1.54) is 30.8 Å². The van der Waals surface area contributed by atoms with Crippen molar-refractivity contribution in [3.05, 3.63) is 29.8 Å². The Morgan fingerprint density at radius 3 is 2.25 bits per heavy atom. The van der Waals surface area contributed by atoms with Crippen molar-refractivity contribution in [2.45, 2.75) is 56.1 Å². The molecule has 6 heteroatoms. The molecule has 1 amide bonds. The van der Waals surface area contributed by atoms with Crippen LogP contribution in [-0.2, 0) is 9.53 Å². The summed E-state index contributed by atoms with van der Waals surface area (Å²) >= 11 is 4.34. The van der Waals surface area contributed by atoms with Gasteiger partial charge in [0.1, 0.15) is 0 Å². The first-order valence-electron chi connectivity index (χ1n) is 10.4. The summed E-state index contributed by atoms with van der Waals surface area (Å²) in [5.74, 6) is 3.78. The maximum atomic E-state index is 12.9. The maximum Gasteiger partial charge on any atom is 0.338 e. The largest absolute Gasteiger partial charge is 0.459 e. The van der Waals surface area contributed by atoms with Crippen molar-refractivity contribution in [2.24, 2.45) is 17.8 Å². The Kier molecular flexibility index (Phi) is 5.98. The Bertz CT molecular complexity index is 712. The van der Waals surface area contributed by atoms with Crippen LogP contribution in [0.4, 0.5) is 5.69 Å². The standard InChI is InChI=1S/C22H29NO3S2/c1-14(2)26-21(25)15-6-8-19(9-7-15)23-20(24)16-12-17-4-3-5-18(13-16)22(17)27-10-11-28-22/h6-9,14,16-18H,3-5,10-13H2,1-2H3,(H,23,24). The fraction of sp³-hybridized carbons (Fsp3) is 0.636. The summed E-state index contributed by atoms with van der Waals surface area (Å²) < 4.78 is 5.61. The molecule has 28 heavy (non-hydrogen) atoms. The number of thioether (sulfide) groups is 2. The number of amides is 1. The van der Waals surface area contributed by atoms with Gasteiger partial charge in [0, 0.05) is 23.1 Å². The van der Waals surface area contributed by atoms with Crippen molar-refractivity contribution in [3.63, 3.8) is 0 Å². The highest BCUT2D eigenvalue weighted by atomic mass is 32.2. The summed E-state index contributed by atoms with van der Waals surface area (Å²) in [6, 6.07) is 7.03. The van der Waals surface area contributed by atoms with Gasteiger partial charge in [-0.3, -0.25) is 4.79 Å². The van der Waals surface area contributed by atoms with E-state index in [-0.39, 0.29) is 23.9 Å². The summed E-state index contributed by atoms with van der Waals surface area (Å²) in [5, 5.41) is 3.08. The van der Waals surface area contributed by atoms with E-state index in [1.807, 2.05) is 13.8 Å². The molecule has 0 aromatic heterocycles. The van der Waals surface area contributed by atoms with E-state index in [2.05, 4.69) is 28.8 Å². The van der Waals surface area contributed by atoms with E-state index >= 15 is 0 Å². The molecule has 4 nitrogen and oxygen atoms in total. The van der Waals surface area contributed by atoms with Crippen LogP contribution in [0.5, 0.6) is 0 Å². The van der Waals surface area contributed by atoms with Crippen LogP contribution < -0.4 is 5.32 Å². The van der Waals surface area contributed by atoms with Gasteiger partial charge in [-0.15, -0.1) is 23.5 Å². The fourth-order valence-electron chi connectivity index (χ4n) is 5.04. The number of anilines is 1. The predicted molar refractivity (Wildman–Crippen MR) is 117 cm³/mol. The van der Waals surface area contributed by atoms with Crippen molar-refractivity contribution in [2.75, 3.05) is 16.8 Å². The zero-order valence-electron chi connectivity index (χ0n) is 16.6. The van der Waals surface area contributed by atoms with Crippen LogP contribution in [-0.4, -0.2) is 33.6 Å². The summed E-state index contributed by atoms with van der Waals surface area (Å²) in [7, 11) is 0. The van der Waals surface area contributed by atoms with Gasteiger partial charge >= 0.3 is 5.97 Å². The number of nitrogens with one attached hydrogen (secondary N) is 1. The highest BCUT2D eigenvalue weighted by Gasteiger charge is 2.55. The Labute approximate surface area is 175 Å². The number of carbonyl (C=O) groups is 2. The number of esters is 1. The van der Waals surface area contributed by atoms with Gasteiger partial charge in [-0.2, -0.15) is 0 Å². The van der Waals surface area contributed by atoms with Crippen LogP contribution in [0.25, 0.3) is 0 Å². The summed E-state index contributed by atoms with van der Waals surface area (Å²) in [4.78, 5) is 24.9. The first-order chi connectivity index (χ1) is 13.5. The summed E-state index contributed by atoms with van der Waals surface area (Å²) in [6.45, 7) is 3.66. The minimum Gasteiger partial charge on any atom is -0.459 e. The van der Waals surface area contributed by atoms with E-state index in [0.717, 1.165) is 18.5 Å². The van der Waals surface area contributed by atoms with E-state index < -0.39 is 0 Å². The molecule has 2 bridgehead atoms. The lowest BCUT2D eigenvalue weighted by molar-refractivity contribution is -0.122. The first kappa shape index (κ1) is 20.1. The fourth-order valence-corrected chi connectivity index (χ4v) is 8.98. The molecule has 2 aliphatic carbocycles. The van der Waals surface area contributed by atoms with E-state index in [9.17, 15) is 9.59 Å². The minimum absolute atomic E-state index is 0.105. The van der Waals surface area contributed by atoms with Gasteiger partial charge in [-0.25, -0.2) is 4.79 Å². The van der Waals surface area contributed by atoms with Gasteiger partial charge in [0.15, 0.2) is 0 Å². The molecule has 1 spiro atoms. The first-order valence-corrected chi connectivity index (χ1v) is 12.3. The van der Waals surface area contributed by atoms with Crippen LogP contribution in [0, 0.1) is 17.8 Å². The van der Waals surface area contributed by atoms with E-state index in [1.54, 1.807) is 24.3 Å². The Hall–Kier alpha value is -1.14. The number of hydrogen-bond acceptors (Lipinski definition) is 5. The lowest BCUT2D eigenvalue weighted by Gasteiger charge is -2.52. The second kappa shape index (κ2) is 8.31. The zero-order chi connectivity index (χ0) is 19.7. The Morgan fingerprint density at radius 2 is 1.68 bits per heavy atom. The van der Waals surface area contributed by atoms with Gasteiger partial charge < -0.3 is 10.1 Å². The van der Waals surface area contributed by atoms with Crippen molar-refractivity contribution >= 4 is 41.1 Å². The van der Waals surface area contributed by atoms with Crippen molar-refractivity contribution in [1.29, 1.82) is 0 Å². The number of rotatable bonds is 4. The van der Waals surface area contributed by atoms with Crippen LogP contribution in [0.1, 0.15) is 56.3 Å². The zero-order valence-corrected chi connectivity index (χ0v) is 18.2. The number of hydrogen-bond donors (Lipinski definition) is 1. The van der Waals surface area contributed by atoms with Gasteiger partial charge in [-0.05, 0) is 75.6 Å². The Morgan fingerprint density at radius 1 is 1.07 bits per heavy atom. The smallest absolute Gasteiger partial charge is 0.338 e. The molecule has 1 saturated heterocycles. The molecule has 3 aliphatic rings. The normalized spacial score (nSPS) is 28.3. The highest BCUT2D eigenvalue weighted by Crippen LogP contribution is 2.64. The predicted octanol–water partition coefficient (Wildman–Crippen LogP) is 5.19. The third kappa shape index (κ3) is 3.95. The lowest BCUT2D eigenvalue weighted by atomic mass is 9.67. The molecule has 1 aliphatic heterocycles. The van der Waals surface area contributed by atoms with Crippen LogP contribution in [0.3, 0.4) is 0 Å². The molecule has 0 radical (unpaired) electrons. The third-order valence-corrected chi connectivity index (χ3v) is 10.2. The second-order valence-electron chi connectivity index (χ2n) is 8.43. The average molecular weight is 420 g/mol. The Balaban J connectivity index is 1.39. The lowest BCUT2D eigenvalue weighted by Crippen LogP contribution is -2.48. The second-order valence-corrected chi connectivity index (χ2v) is 11.4. The quantitative estimate of drug-likeness (QED) is 0.681. The average Bonchev–Trinajstić information content (AvgIpc) is 3.11. The van der Waals surface area contributed by atoms with Crippen LogP contribution in [0.2, 0.25) is 0 Å². The SMILES string of the molecule is CC(C)OC(=O)c1ccc(NC(=O)C2CC3CCCC(C2)C32SCCS2)cc1. The molecule has 1 heterocycles. The van der Waals surface area contributed by atoms with E-state index in [4.69, 9.17) is 4.74 Å². The molecule has 152 valence electrons. The molecule has 1 aromatic rings. The molecule has 4 rings (SSSR count). The summed E-state index contributed by atoms with van der Waals surface area (Å²) in [5.41, 5.74) is 1.26. The van der Waals surface area contributed by atoms with Crippen molar-refractivity contribution in [3.8, 4) is 0 Å². The summed E-state index contributed by atoms with van der Waals surface area (Å²) in [6.07, 6.45) is 5.75. The molecule has 2 unspecified atom stereocenters. The minimum atomic E-state index is -0.329. The molecular weight excluding hydrogens is 390 g/mol. The molecule has 1 N–H and O–H groups in total.